The fourth-order valence-electron chi connectivity index (χ4n) is 2.41. The summed E-state index contributed by atoms with van der Waals surface area (Å²) in [7, 11) is 4.33. The number of alkyl halides is 1. The van der Waals surface area contributed by atoms with Crippen LogP contribution in [0, 0.1) is 0 Å². The Kier molecular flexibility index (Phi) is 14.1. The summed E-state index contributed by atoms with van der Waals surface area (Å²) in [6.07, 6.45) is 8.54. The van der Waals surface area contributed by atoms with Gasteiger partial charge in [-0.1, -0.05) is 39.0 Å². The van der Waals surface area contributed by atoms with E-state index in [9.17, 15) is 5.11 Å². The first-order chi connectivity index (χ1) is 8.37. The van der Waals surface area contributed by atoms with Gasteiger partial charge in [-0.3, -0.25) is 0 Å². The van der Waals surface area contributed by atoms with Crippen LogP contribution in [0.3, 0.4) is 0 Å². The maximum absolute atomic E-state index is 9.43. The van der Waals surface area contributed by atoms with Crippen LogP contribution >= 0.6 is 11.6 Å². The lowest BCUT2D eigenvalue weighted by Gasteiger charge is -2.31. The molecule has 0 fully saturated rings. The Morgan fingerprint density at radius 2 is 1.63 bits per heavy atom. The van der Waals surface area contributed by atoms with E-state index in [1.165, 1.54) is 32.1 Å². The van der Waals surface area contributed by atoms with Crippen molar-refractivity contribution in [2.45, 2.75) is 70.3 Å². The summed E-state index contributed by atoms with van der Waals surface area (Å²) in [5, 5.41) is 9.73. The molecule has 0 aromatic carbocycles. The van der Waals surface area contributed by atoms with Crippen LogP contribution in [0.5, 0.6) is 0 Å². The third-order valence-electron chi connectivity index (χ3n) is 3.43. The molecule has 0 rings (SSSR count). The summed E-state index contributed by atoms with van der Waals surface area (Å²) in [5.41, 5.74) is 0. The van der Waals surface area contributed by atoms with E-state index in [0.29, 0.717) is 5.38 Å². The maximum Gasteiger partial charge on any atom is 0.104 e. The summed E-state index contributed by atoms with van der Waals surface area (Å²) in [6.45, 7) is 5.95. The molecule has 118 valence electrons. The molecule has 1 N–H and O–H groups in total. The van der Waals surface area contributed by atoms with Crippen LogP contribution in [0.25, 0.3) is 0 Å². The highest BCUT2D eigenvalue weighted by Gasteiger charge is 2.19. The summed E-state index contributed by atoms with van der Waals surface area (Å²) in [4.78, 5) is 0. The van der Waals surface area contributed by atoms with Crippen LogP contribution in [-0.2, 0) is 0 Å². The number of rotatable bonds is 11. The van der Waals surface area contributed by atoms with E-state index < -0.39 is 0 Å². The van der Waals surface area contributed by atoms with Gasteiger partial charge in [-0.25, -0.2) is 0 Å². The van der Waals surface area contributed by atoms with Gasteiger partial charge in [0.1, 0.15) is 12.6 Å². The number of hydrogen-bond donors (Lipinski definition) is 1. The highest BCUT2D eigenvalue weighted by Crippen LogP contribution is 2.15. The van der Waals surface area contributed by atoms with Gasteiger partial charge in [0.15, 0.2) is 0 Å². The molecule has 0 radical (unpaired) electrons. The van der Waals surface area contributed by atoms with E-state index in [2.05, 4.69) is 21.0 Å². The number of quaternary nitrogens is 1. The minimum atomic E-state index is -0.234. The van der Waals surface area contributed by atoms with Gasteiger partial charge >= 0.3 is 0 Å². The SMILES string of the molecule is CCCCCCCC(Cl)CC[N+](C)(C)CC(C)O.[Cl-]. The average Bonchev–Trinajstić information content (AvgIpc) is 2.24. The second-order valence-electron chi connectivity index (χ2n) is 6.28. The zero-order chi connectivity index (χ0) is 14.0. The zero-order valence-corrected chi connectivity index (χ0v) is 14.7. The Hall–Kier alpha value is 0.500. The fourth-order valence-corrected chi connectivity index (χ4v) is 2.66. The molecule has 4 heteroatoms. The van der Waals surface area contributed by atoms with Gasteiger partial charge in [-0.2, -0.15) is 0 Å². The van der Waals surface area contributed by atoms with Crippen molar-refractivity contribution in [1.29, 1.82) is 0 Å². The summed E-state index contributed by atoms with van der Waals surface area (Å²) >= 11 is 6.36. The van der Waals surface area contributed by atoms with Crippen LogP contribution in [0.15, 0.2) is 0 Å². The standard InChI is InChI=1S/C15H33ClNO.ClH/c1-5-6-7-8-9-10-15(16)11-12-17(3,4)13-14(2)18;/h14-15,18H,5-13H2,1-4H3;1H/q+1;/p-1. The highest BCUT2D eigenvalue weighted by atomic mass is 35.5. The minimum absolute atomic E-state index is 0. The van der Waals surface area contributed by atoms with Gasteiger partial charge in [0.2, 0.25) is 0 Å². The molecular weight excluding hydrogens is 281 g/mol. The number of hydrogen-bond acceptors (Lipinski definition) is 1. The topological polar surface area (TPSA) is 20.2 Å². The van der Waals surface area contributed by atoms with Crippen LogP contribution < -0.4 is 12.4 Å². The molecule has 2 unspecified atom stereocenters. The van der Waals surface area contributed by atoms with E-state index in [4.69, 9.17) is 11.6 Å². The van der Waals surface area contributed by atoms with Crippen molar-refractivity contribution >= 4 is 11.6 Å². The molecule has 0 heterocycles. The Labute approximate surface area is 131 Å². The van der Waals surface area contributed by atoms with Crippen molar-refractivity contribution in [2.75, 3.05) is 27.2 Å². The van der Waals surface area contributed by atoms with E-state index in [1.807, 2.05) is 6.92 Å². The fraction of sp³-hybridized carbons (Fsp3) is 1.00. The van der Waals surface area contributed by atoms with Crippen molar-refractivity contribution in [3.8, 4) is 0 Å². The minimum Gasteiger partial charge on any atom is -1.00 e. The van der Waals surface area contributed by atoms with Crippen LogP contribution in [-0.4, -0.2) is 48.3 Å². The van der Waals surface area contributed by atoms with Crippen LogP contribution in [0.1, 0.15) is 58.8 Å². The Balaban J connectivity index is 0. The normalized spacial score (nSPS) is 14.8. The largest absolute Gasteiger partial charge is 1.00 e. The molecule has 19 heavy (non-hydrogen) atoms. The first-order valence-electron chi connectivity index (χ1n) is 7.51. The van der Waals surface area contributed by atoms with Crippen molar-refractivity contribution in [3.63, 3.8) is 0 Å². The van der Waals surface area contributed by atoms with Gasteiger partial charge in [-0.05, 0) is 13.3 Å². The Morgan fingerprint density at radius 1 is 1.05 bits per heavy atom. The smallest absolute Gasteiger partial charge is 0.104 e. The van der Waals surface area contributed by atoms with Crippen molar-refractivity contribution in [3.05, 3.63) is 0 Å². The summed E-state index contributed by atoms with van der Waals surface area (Å²) < 4.78 is 0.858. The van der Waals surface area contributed by atoms with E-state index in [1.54, 1.807) is 0 Å². The predicted molar refractivity (Wildman–Crippen MR) is 81.2 cm³/mol. The van der Waals surface area contributed by atoms with E-state index in [0.717, 1.165) is 30.4 Å². The lowest BCUT2D eigenvalue weighted by molar-refractivity contribution is -0.893. The molecule has 2 nitrogen and oxygen atoms in total. The second kappa shape index (κ2) is 12.3. The van der Waals surface area contributed by atoms with Gasteiger partial charge in [0.05, 0.1) is 20.6 Å². The molecule has 0 saturated carbocycles. The number of halogens is 2. The molecule has 0 amide bonds. The lowest BCUT2D eigenvalue weighted by atomic mass is 10.1. The molecule has 2 atom stereocenters. The molecule has 0 aliphatic heterocycles. The molecule has 0 aromatic rings. The van der Waals surface area contributed by atoms with Gasteiger partial charge < -0.3 is 22.0 Å². The third kappa shape index (κ3) is 14.7. The van der Waals surface area contributed by atoms with Crippen molar-refractivity contribution in [1.82, 2.24) is 0 Å². The van der Waals surface area contributed by atoms with Gasteiger partial charge in [0.25, 0.3) is 0 Å². The monoisotopic (exact) mass is 313 g/mol. The lowest BCUT2D eigenvalue weighted by Crippen LogP contribution is -3.00. The second-order valence-corrected chi connectivity index (χ2v) is 6.90. The average molecular weight is 314 g/mol. The third-order valence-corrected chi connectivity index (χ3v) is 3.86. The number of likely N-dealkylation sites (N-methyl/N-ethyl adjacent to an activating group) is 1. The predicted octanol–water partition coefficient (Wildman–Crippen LogP) is 0.806. The van der Waals surface area contributed by atoms with Gasteiger partial charge in [0, 0.05) is 11.8 Å². The first kappa shape index (κ1) is 21.8. The molecule has 0 aliphatic carbocycles. The summed E-state index contributed by atoms with van der Waals surface area (Å²) in [5.74, 6) is 0. The molecule has 0 saturated heterocycles. The molecular formula is C15H33Cl2NO. The van der Waals surface area contributed by atoms with Crippen molar-refractivity contribution < 1.29 is 22.0 Å². The van der Waals surface area contributed by atoms with Crippen LogP contribution in [0.2, 0.25) is 0 Å². The zero-order valence-electron chi connectivity index (χ0n) is 13.2. The maximum atomic E-state index is 9.43. The molecule has 0 aliphatic rings. The van der Waals surface area contributed by atoms with Crippen LogP contribution in [0.4, 0.5) is 0 Å². The molecule has 0 bridgehead atoms. The van der Waals surface area contributed by atoms with Gasteiger partial charge in [-0.15, -0.1) is 11.6 Å². The molecule has 0 aromatic heterocycles. The number of unbranched alkanes of at least 4 members (excludes halogenated alkanes) is 4. The quantitative estimate of drug-likeness (QED) is 0.340. The number of aliphatic hydroxyl groups is 1. The van der Waals surface area contributed by atoms with E-state index in [-0.39, 0.29) is 18.5 Å². The Morgan fingerprint density at radius 3 is 2.16 bits per heavy atom. The number of aliphatic hydroxyl groups excluding tert-OH is 1. The first-order valence-corrected chi connectivity index (χ1v) is 7.95. The molecule has 0 spiro atoms. The number of nitrogens with zero attached hydrogens (tertiary/aromatic N) is 1. The summed E-state index contributed by atoms with van der Waals surface area (Å²) in [6, 6.07) is 0. The Bertz CT molecular complexity index is 199. The van der Waals surface area contributed by atoms with E-state index >= 15 is 0 Å². The highest BCUT2D eigenvalue weighted by molar-refractivity contribution is 6.20. The van der Waals surface area contributed by atoms with Crippen molar-refractivity contribution in [2.24, 2.45) is 0 Å².